The molecule has 0 aliphatic carbocycles. The van der Waals surface area contributed by atoms with Gasteiger partial charge in [-0.25, -0.2) is 8.42 Å². The van der Waals surface area contributed by atoms with Crippen molar-refractivity contribution in [2.24, 2.45) is 0 Å². The van der Waals surface area contributed by atoms with E-state index in [0.717, 1.165) is 5.56 Å². The van der Waals surface area contributed by atoms with Gasteiger partial charge in [-0.05, 0) is 35.9 Å². The number of benzene rings is 3. The van der Waals surface area contributed by atoms with Crippen molar-refractivity contribution in [3.8, 4) is 11.5 Å². The molecule has 5 rings (SSSR count). The number of aromatic nitrogens is 1. The molecule has 0 radical (unpaired) electrons. The average Bonchev–Trinajstić information content (AvgIpc) is 3.43. The van der Waals surface area contributed by atoms with Gasteiger partial charge in [-0.15, -0.1) is 0 Å². The van der Waals surface area contributed by atoms with E-state index in [4.69, 9.17) is 9.47 Å². The van der Waals surface area contributed by atoms with Gasteiger partial charge >= 0.3 is 0 Å². The molecule has 8 heteroatoms. The number of sulfone groups is 1. The van der Waals surface area contributed by atoms with Crippen LogP contribution in [0.15, 0.2) is 88.8 Å². The van der Waals surface area contributed by atoms with Crippen LogP contribution in [0.5, 0.6) is 11.5 Å². The van der Waals surface area contributed by atoms with Crippen LogP contribution in [-0.2, 0) is 27.7 Å². The maximum absolute atomic E-state index is 13.2. The number of carbonyl (C=O) groups is 1. The molecule has 162 valence electrons. The van der Waals surface area contributed by atoms with Crippen molar-refractivity contribution >= 4 is 26.6 Å². The van der Waals surface area contributed by atoms with Crippen molar-refractivity contribution in [2.75, 3.05) is 6.79 Å². The van der Waals surface area contributed by atoms with Crippen LogP contribution in [0.4, 0.5) is 0 Å². The normalized spacial score (nSPS) is 12.8. The number of amides is 1. The number of ether oxygens (including phenoxy) is 2. The maximum Gasteiger partial charge on any atom is 0.240 e. The molecule has 0 unspecified atom stereocenters. The fraction of sp³-hybridized carbons (Fsp3) is 0.125. The van der Waals surface area contributed by atoms with Crippen LogP contribution < -0.4 is 14.8 Å². The number of fused-ring (bicyclic) bond motifs is 2. The molecule has 0 fully saturated rings. The van der Waals surface area contributed by atoms with Crippen LogP contribution in [0, 0.1) is 0 Å². The van der Waals surface area contributed by atoms with Crippen molar-refractivity contribution in [3.05, 3.63) is 84.6 Å². The van der Waals surface area contributed by atoms with Crippen molar-refractivity contribution < 1.29 is 22.7 Å². The van der Waals surface area contributed by atoms with E-state index in [-0.39, 0.29) is 29.0 Å². The number of nitrogens with zero attached hydrogens (tertiary/aromatic N) is 1. The Kier molecular flexibility index (Phi) is 5.07. The second-order valence-electron chi connectivity index (χ2n) is 7.42. The van der Waals surface area contributed by atoms with Crippen LogP contribution in [0.2, 0.25) is 0 Å². The SMILES string of the molecule is O=C(Cn1cc(S(=O)(=O)c2ccccc2)c2ccccc21)NCc1ccc2c(c1)OCO2. The van der Waals surface area contributed by atoms with Crippen LogP contribution in [0.1, 0.15) is 5.56 Å². The van der Waals surface area contributed by atoms with E-state index < -0.39 is 9.84 Å². The molecule has 0 spiro atoms. The molecule has 2 heterocycles. The Balaban J connectivity index is 1.38. The van der Waals surface area contributed by atoms with E-state index >= 15 is 0 Å². The first kappa shape index (κ1) is 20.1. The number of hydrogen-bond acceptors (Lipinski definition) is 5. The zero-order valence-corrected chi connectivity index (χ0v) is 17.8. The number of nitrogens with one attached hydrogen (secondary N) is 1. The van der Waals surface area contributed by atoms with E-state index in [0.29, 0.717) is 28.9 Å². The molecule has 0 saturated carbocycles. The first-order valence-electron chi connectivity index (χ1n) is 10.1. The van der Waals surface area contributed by atoms with Gasteiger partial charge in [0.1, 0.15) is 6.54 Å². The molecule has 1 aliphatic rings. The Labute approximate surface area is 185 Å². The third-order valence-corrected chi connectivity index (χ3v) is 7.13. The van der Waals surface area contributed by atoms with Gasteiger partial charge in [0.25, 0.3) is 0 Å². The standard InChI is InChI=1S/C24H20N2O5S/c27-24(25-13-17-10-11-21-22(12-17)31-16-30-21)15-26-14-23(19-8-4-5-9-20(19)26)32(28,29)18-6-2-1-3-7-18/h1-12,14H,13,15-16H2,(H,25,27). The number of para-hydroxylation sites is 1. The topological polar surface area (TPSA) is 86.6 Å². The van der Waals surface area contributed by atoms with E-state index in [9.17, 15) is 13.2 Å². The van der Waals surface area contributed by atoms with Crippen LogP contribution in [0.25, 0.3) is 10.9 Å². The first-order valence-corrected chi connectivity index (χ1v) is 11.5. The van der Waals surface area contributed by atoms with Gasteiger partial charge in [-0.2, -0.15) is 0 Å². The van der Waals surface area contributed by atoms with Gasteiger partial charge < -0.3 is 19.4 Å². The molecule has 0 saturated heterocycles. The third kappa shape index (κ3) is 3.69. The lowest BCUT2D eigenvalue weighted by Crippen LogP contribution is -2.26. The van der Waals surface area contributed by atoms with Crippen molar-refractivity contribution in [3.63, 3.8) is 0 Å². The molecule has 7 nitrogen and oxygen atoms in total. The summed E-state index contributed by atoms with van der Waals surface area (Å²) in [6, 6.07) is 21.0. The summed E-state index contributed by atoms with van der Waals surface area (Å²) in [6.45, 7) is 0.513. The van der Waals surface area contributed by atoms with E-state index in [1.165, 1.54) is 6.20 Å². The smallest absolute Gasteiger partial charge is 0.240 e. The number of hydrogen-bond donors (Lipinski definition) is 1. The first-order chi connectivity index (χ1) is 15.5. The lowest BCUT2D eigenvalue weighted by Gasteiger charge is -2.08. The molecule has 4 aromatic rings. The summed E-state index contributed by atoms with van der Waals surface area (Å²) in [6.07, 6.45) is 1.53. The zero-order chi connectivity index (χ0) is 22.1. The molecule has 0 bridgehead atoms. The predicted octanol–water partition coefficient (Wildman–Crippen LogP) is 3.52. The quantitative estimate of drug-likeness (QED) is 0.488. The summed E-state index contributed by atoms with van der Waals surface area (Å²) >= 11 is 0. The Morgan fingerprint density at radius 1 is 0.938 bits per heavy atom. The second kappa shape index (κ2) is 8.05. The molecule has 1 amide bonds. The van der Waals surface area contributed by atoms with E-state index in [2.05, 4.69) is 5.32 Å². The molecule has 1 aliphatic heterocycles. The molecule has 3 aromatic carbocycles. The Bertz CT molecular complexity index is 1410. The van der Waals surface area contributed by atoms with Crippen molar-refractivity contribution in [1.82, 2.24) is 9.88 Å². The minimum atomic E-state index is -3.72. The maximum atomic E-state index is 13.2. The van der Waals surface area contributed by atoms with Gasteiger partial charge in [0, 0.05) is 23.6 Å². The van der Waals surface area contributed by atoms with Gasteiger partial charge in [-0.3, -0.25) is 4.79 Å². The highest BCUT2D eigenvalue weighted by molar-refractivity contribution is 7.91. The van der Waals surface area contributed by atoms with Crippen LogP contribution in [0.3, 0.4) is 0 Å². The number of carbonyl (C=O) groups excluding carboxylic acids is 1. The molecular weight excluding hydrogens is 428 g/mol. The Morgan fingerprint density at radius 2 is 1.69 bits per heavy atom. The van der Waals surface area contributed by atoms with Crippen molar-refractivity contribution in [1.29, 1.82) is 0 Å². The van der Waals surface area contributed by atoms with Gasteiger partial charge in [0.05, 0.1) is 9.79 Å². The summed E-state index contributed by atoms with van der Waals surface area (Å²) < 4.78 is 38.8. The summed E-state index contributed by atoms with van der Waals surface area (Å²) in [4.78, 5) is 13.1. The van der Waals surface area contributed by atoms with Gasteiger partial charge in [-0.1, -0.05) is 42.5 Å². The minimum Gasteiger partial charge on any atom is -0.454 e. The summed E-state index contributed by atoms with van der Waals surface area (Å²) in [7, 11) is -3.72. The molecule has 32 heavy (non-hydrogen) atoms. The van der Waals surface area contributed by atoms with Crippen LogP contribution >= 0.6 is 0 Å². The van der Waals surface area contributed by atoms with E-state index in [1.54, 1.807) is 47.0 Å². The Hall–Kier alpha value is -3.78. The Morgan fingerprint density at radius 3 is 2.53 bits per heavy atom. The fourth-order valence-electron chi connectivity index (χ4n) is 3.75. The summed E-state index contributed by atoms with van der Waals surface area (Å²) in [5, 5.41) is 3.46. The van der Waals surface area contributed by atoms with Crippen molar-refractivity contribution in [2.45, 2.75) is 22.9 Å². The monoisotopic (exact) mass is 448 g/mol. The highest BCUT2D eigenvalue weighted by atomic mass is 32.2. The largest absolute Gasteiger partial charge is 0.454 e. The predicted molar refractivity (Wildman–Crippen MR) is 118 cm³/mol. The van der Waals surface area contributed by atoms with Gasteiger partial charge in [0.15, 0.2) is 11.5 Å². The number of rotatable bonds is 6. The zero-order valence-electron chi connectivity index (χ0n) is 17.0. The molecule has 0 atom stereocenters. The minimum absolute atomic E-state index is 0.00459. The molecular formula is C24H20N2O5S. The molecule has 1 aromatic heterocycles. The second-order valence-corrected chi connectivity index (χ2v) is 9.34. The lowest BCUT2D eigenvalue weighted by molar-refractivity contribution is -0.121. The average molecular weight is 449 g/mol. The van der Waals surface area contributed by atoms with Crippen LogP contribution in [-0.4, -0.2) is 25.7 Å². The third-order valence-electron chi connectivity index (χ3n) is 5.34. The molecule has 1 N–H and O–H groups in total. The van der Waals surface area contributed by atoms with E-state index in [1.807, 2.05) is 30.3 Å². The summed E-state index contributed by atoms with van der Waals surface area (Å²) in [5.41, 5.74) is 1.56. The highest BCUT2D eigenvalue weighted by Crippen LogP contribution is 2.32. The fourth-order valence-corrected chi connectivity index (χ4v) is 5.24. The summed E-state index contributed by atoms with van der Waals surface area (Å²) in [5.74, 6) is 1.11. The lowest BCUT2D eigenvalue weighted by atomic mass is 10.2. The van der Waals surface area contributed by atoms with Gasteiger partial charge in [0.2, 0.25) is 22.5 Å². The highest BCUT2D eigenvalue weighted by Gasteiger charge is 2.23.